The van der Waals surface area contributed by atoms with Gasteiger partial charge < -0.3 is 4.42 Å². The van der Waals surface area contributed by atoms with Gasteiger partial charge in [0.1, 0.15) is 0 Å². The fourth-order valence-corrected chi connectivity index (χ4v) is 3.99. The van der Waals surface area contributed by atoms with Crippen LogP contribution in [0.1, 0.15) is 0 Å². The molecule has 3 aromatic carbocycles. The molecule has 0 aliphatic rings. The molecule has 140 valence electrons. The van der Waals surface area contributed by atoms with Crippen molar-refractivity contribution in [2.75, 3.05) is 4.72 Å². The maximum atomic E-state index is 12.7. The van der Waals surface area contributed by atoms with Gasteiger partial charge in [0, 0.05) is 5.02 Å². The number of para-hydroxylation sites is 1. The first-order valence-electron chi connectivity index (χ1n) is 8.22. The summed E-state index contributed by atoms with van der Waals surface area (Å²) in [7, 11) is -3.82. The van der Waals surface area contributed by atoms with E-state index in [0.29, 0.717) is 16.1 Å². The summed E-state index contributed by atoms with van der Waals surface area (Å²) in [5.41, 5.74) is 0.348. The molecule has 28 heavy (non-hydrogen) atoms. The lowest BCUT2D eigenvalue weighted by molar-refractivity contribution is 0.518. The van der Waals surface area contributed by atoms with Gasteiger partial charge in [-0.1, -0.05) is 41.9 Å². The summed E-state index contributed by atoms with van der Waals surface area (Å²) < 4.78 is 33.2. The molecular formula is C20H13ClN2O4S. The van der Waals surface area contributed by atoms with Crippen molar-refractivity contribution in [2.45, 2.75) is 4.90 Å². The summed E-state index contributed by atoms with van der Waals surface area (Å²) in [6.07, 6.45) is 0. The van der Waals surface area contributed by atoms with E-state index in [0.717, 1.165) is 0 Å². The first-order valence-corrected chi connectivity index (χ1v) is 10.1. The van der Waals surface area contributed by atoms with Crippen molar-refractivity contribution in [3.63, 3.8) is 0 Å². The van der Waals surface area contributed by atoms with E-state index in [9.17, 15) is 13.2 Å². The molecule has 0 saturated carbocycles. The predicted molar refractivity (Wildman–Crippen MR) is 108 cm³/mol. The standard InChI is InChI=1S/C20H13ClN2O4S/c21-13-10-11-16-18(12-13)22-19(27-20(16)24)15-8-4-5-9-17(15)23-28(25,26)14-6-2-1-3-7-14/h1-12,23H. The molecule has 0 saturated heterocycles. The van der Waals surface area contributed by atoms with Crippen molar-refractivity contribution >= 4 is 38.2 Å². The van der Waals surface area contributed by atoms with E-state index in [1.165, 1.54) is 18.2 Å². The van der Waals surface area contributed by atoms with E-state index in [-0.39, 0.29) is 21.9 Å². The van der Waals surface area contributed by atoms with E-state index in [1.54, 1.807) is 54.6 Å². The summed E-state index contributed by atoms with van der Waals surface area (Å²) in [5, 5.41) is 0.713. The molecule has 0 unspecified atom stereocenters. The molecule has 8 heteroatoms. The van der Waals surface area contributed by atoms with Crippen LogP contribution in [0.3, 0.4) is 0 Å². The van der Waals surface area contributed by atoms with Gasteiger partial charge in [0.2, 0.25) is 5.89 Å². The van der Waals surface area contributed by atoms with Crippen molar-refractivity contribution in [3.05, 3.63) is 88.2 Å². The molecule has 0 spiro atoms. The number of hydrogen-bond donors (Lipinski definition) is 1. The molecule has 1 heterocycles. The normalized spacial score (nSPS) is 11.5. The zero-order valence-corrected chi connectivity index (χ0v) is 15.9. The van der Waals surface area contributed by atoms with Crippen molar-refractivity contribution in [1.29, 1.82) is 0 Å². The van der Waals surface area contributed by atoms with Gasteiger partial charge in [0.25, 0.3) is 10.0 Å². The number of sulfonamides is 1. The van der Waals surface area contributed by atoms with Gasteiger partial charge in [-0.05, 0) is 42.5 Å². The number of nitrogens with zero attached hydrogens (tertiary/aromatic N) is 1. The highest BCUT2D eigenvalue weighted by Crippen LogP contribution is 2.29. The lowest BCUT2D eigenvalue weighted by Gasteiger charge is -2.12. The molecule has 1 aromatic heterocycles. The second-order valence-electron chi connectivity index (χ2n) is 5.93. The minimum atomic E-state index is -3.82. The number of rotatable bonds is 4. The Hall–Kier alpha value is -3.16. The first kappa shape index (κ1) is 18.2. The Kier molecular flexibility index (Phi) is 4.62. The Morgan fingerprint density at radius 3 is 2.43 bits per heavy atom. The fraction of sp³-hybridized carbons (Fsp3) is 0. The Balaban J connectivity index is 1.83. The summed E-state index contributed by atoms with van der Waals surface area (Å²) in [6, 6.07) is 19.2. The molecular weight excluding hydrogens is 400 g/mol. The topological polar surface area (TPSA) is 89.3 Å². The van der Waals surface area contributed by atoms with Crippen molar-refractivity contribution in [3.8, 4) is 11.5 Å². The quantitative estimate of drug-likeness (QED) is 0.539. The Labute approximate surface area is 165 Å². The smallest absolute Gasteiger partial charge is 0.347 e. The molecule has 0 fully saturated rings. The maximum absolute atomic E-state index is 12.7. The van der Waals surface area contributed by atoms with Crippen LogP contribution in [-0.4, -0.2) is 13.4 Å². The third-order valence-corrected chi connectivity index (χ3v) is 5.66. The van der Waals surface area contributed by atoms with Crippen LogP contribution >= 0.6 is 11.6 Å². The molecule has 1 N–H and O–H groups in total. The van der Waals surface area contributed by atoms with Crippen LogP contribution in [0.25, 0.3) is 22.4 Å². The number of fused-ring (bicyclic) bond motifs is 1. The average molecular weight is 413 g/mol. The van der Waals surface area contributed by atoms with Crippen LogP contribution in [0.15, 0.2) is 86.9 Å². The summed E-state index contributed by atoms with van der Waals surface area (Å²) >= 11 is 5.99. The zero-order valence-electron chi connectivity index (χ0n) is 14.3. The van der Waals surface area contributed by atoms with Gasteiger partial charge in [-0.25, -0.2) is 18.2 Å². The second kappa shape index (κ2) is 7.10. The number of hydrogen-bond acceptors (Lipinski definition) is 5. The van der Waals surface area contributed by atoms with E-state index >= 15 is 0 Å². The van der Waals surface area contributed by atoms with Crippen LogP contribution < -0.4 is 10.3 Å². The Morgan fingerprint density at radius 2 is 1.64 bits per heavy atom. The molecule has 0 atom stereocenters. The Morgan fingerprint density at radius 1 is 0.929 bits per heavy atom. The van der Waals surface area contributed by atoms with Crippen LogP contribution in [0, 0.1) is 0 Å². The fourth-order valence-electron chi connectivity index (χ4n) is 2.72. The number of aromatic nitrogens is 1. The van der Waals surface area contributed by atoms with E-state index < -0.39 is 15.6 Å². The second-order valence-corrected chi connectivity index (χ2v) is 8.05. The highest BCUT2D eigenvalue weighted by Gasteiger charge is 2.18. The predicted octanol–water partition coefficient (Wildman–Crippen LogP) is 4.31. The van der Waals surface area contributed by atoms with Gasteiger partial charge >= 0.3 is 5.63 Å². The summed E-state index contributed by atoms with van der Waals surface area (Å²) in [4.78, 5) is 16.8. The Bertz CT molecular complexity index is 1340. The molecule has 0 amide bonds. The van der Waals surface area contributed by atoms with E-state index in [1.807, 2.05) is 0 Å². The van der Waals surface area contributed by atoms with Crippen LogP contribution in [0.4, 0.5) is 5.69 Å². The van der Waals surface area contributed by atoms with Gasteiger partial charge in [0.05, 0.1) is 27.0 Å². The van der Waals surface area contributed by atoms with Crippen molar-refractivity contribution < 1.29 is 12.8 Å². The maximum Gasteiger partial charge on any atom is 0.347 e. The monoisotopic (exact) mass is 412 g/mol. The zero-order chi connectivity index (χ0) is 19.7. The van der Waals surface area contributed by atoms with E-state index in [4.69, 9.17) is 16.0 Å². The SMILES string of the molecule is O=c1oc(-c2ccccc2NS(=O)(=O)c2ccccc2)nc2cc(Cl)ccc12. The minimum absolute atomic E-state index is 0.00821. The van der Waals surface area contributed by atoms with E-state index in [2.05, 4.69) is 9.71 Å². The van der Waals surface area contributed by atoms with Gasteiger partial charge in [-0.3, -0.25) is 4.72 Å². The highest BCUT2D eigenvalue weighted by atomic mass is 35.5. The molecule has 0 aliphatic carbocycles. The summed E-state index contributed by atoms with van der Waals surface area (Å²) in [5.74, 6) is -0.00821. The van der Waals surface area contributed by atoms with Gasteiger partial charge in [0.15, 0.2) is 0 Å². The van der Waals surface area contributed by atoms with Crippen LogP contribution in [-0.2, 0) is 10.0 Å². The molecule has 0 radical (unpaired) electrons. The number of halogens is 1. The number of benzene rings is 3. The third-order valence-electron chi connectivity index (χ3n) is 4.05. The first-order chi connectivity index (χ1) is 13.4. The summed E-state index contributed by atoms with van der Waals surface area (Å²) in [6.45, 7) is 0. The molecule has 4 aromatic rings. The number of anilines is 1. The molecule has 0 bridgehead atoms. The van der Waals surface area contributed by atoms with Gasteiger partial charge in [-0.15, -0.1) is 0 Å². The lowest BCUT2D eigenvalue weighted by Crippen LogP contribution is -2.14. The third kappa shape index (κ3) is 3.49. The number of nitrogens with one attached hydrogen (secondary N) is 1. The van der Waals surface area contributed by atoms with Crippen LogP contribution in [0.5, 0.6) is 0 Å². The lowest BCUT2D eigenvalue weighted by atomic mass is 10.1. The molecule has 4 rings (SSSR count). The van der Waals surface area contributed by atoms with Gasteiger partial charge in [-0.2, -0.15) is 0 Å². The van der Waals surface area contributed by atoms with Crippen LogP contribution in [0.2, 0.25) is 5.02 Å². The van der Waals surface area contributed by atoms with Crippen molar-refractivity contribution in [1.82, 2.24) is 4.98 Å². The molecule has 0 aliphatic heterocycles. The average Bonchev–Trinajstić information content (AvgIpc) is 2.68. The van der Waals surface area contributed by atoms with Crippen molar-refractivity contribution in [2.24, 2.45) is 0 Å². The minimum Gasteiger partial charge on any atom is -0.403 e. The molecule has 6 nitrogen and oxygen atoms in total. The highest BCUT2D eigenvalue weighted by molar-refractivity contribution is 7.92. The largest absolute Gasteiger partial charge is 0.403 e.